The SMILES string of the molecule is CCNC(=NCCN(CC)C(=O)OC(C)(C)C)N(C)Cc1cccn1C.I. The highest BCUT2D eigenvalue weighted by atomic mass is 127. The summed E-state index contributed by atoms with van der Waals surface area (Å²) < 4.78 is 7.53. The molecule has 27 heavy (non-hydrogen) atoms. The maximum Gasteiger partial charge on any atom is 0.410 e. The molecule has 0 bridgehead atoms. The molecule has 0 aliphatic heterocycles. The Hall–Kier alpha value is -1.45. The Labute approximate surface area is 181 Å². The zero-order valence-electron chi connectivity index (χ0n) is 17.8. The van der Waals surface area contributed by atoms with Gasteiger partial charge in [-0.15, -0.1) is 24.0 Å². The van der Waals surface area contributed by atoms with Crippen molar-refractivity contribution in [2.75, 3.05) is 33.2 Å². The molecule has 0 aliphatic carbocycles. The molecule has 8 heteroatoms. The average molecular weight is 493 g/mol. The molecule has 156 valence electrons. The molecule has 0 saturated carbocycles. The van der Waals surface area contributed by atoms with Crippen LogP contribution in [0.4, 0.5) is 4.79 Å². The molecule has 0 atom stereocenters. The maximum atomic E-state index is 12.2. The smallest absolute Gasteiger partial charge is 0.410 e. The van der Waals surface area contributed by atoms with E-state index < -0.39 is 5.60 Å². The van der Waals surface area contributed by atoms with Gasteiger partial charge in [0, 0.05) is 45.6 Å². The first kappa shape index (κ1) is 25.6. The van der Waals surface area contributed by atoms with Crippen molar-refractivity contribution in [3.63, 3.8) is 0 Å². The Bertz CT molecular complexity index is 595. The predicted molar refractivity (Wildman–Crippen MR) is 122 cm³/mol. The van der Waals surface area contributed by atoms with E-state index >= 15 is 0 Å². The number of halogens is 1. The van der Waals surface area contributed by atoms with Crippen molar-refractivity contribution in [2.45, 2.75) is 46.8 Å². The zero-order chi connectivity index (χ0) is 19.7. The Morgan fingerprint density at radius 1 is 1.33 bits per heavy atom. The summed E-state index contributed by atoms with van der Waals surface area (Å²) in [4.78, 5) is 20.6. The van der Waals surface area contributed by atoms with Gasteiger partial charge in [-0.2, -0.15) is 0 Å². The molecule has 0 radical (unpaired) electrons. The fourth-order valence-corrected chi connectivity index (χ4v) is 2.43. The summed E-state index contributed by atoms with van der Waals surface area (Å²) in [6, 6.07) is 4.13. The van der Waals surface area contributed by atoms with Crippen LogP contribution in [0.25, 0.3) is 0 Å². The minimum Gasteiger partial charge on any atom is -0.444 e. The van der Waals surface area contributed by atoms with Crippen molar-refractivity contribution in [1.29, 1.82) is 0 Å². The Morgan fingerprint density at radius 3 is 2.48 bits per heavy atom. The lowest BCUT2D eigenvalue weighted by Gasteiger charge is -2.26. The minimum atomic E-state index is -0.488. The molecule has 0 unspecified atom stereocenters. The van der Waals surface area contributed by atoms with E-state index in [0.29, 0.717) is 19.6 Å². The molecule has 1 N–H and O–H groups in total. The predicted octanol–water partition coefficient (Wildman–Crippen LogP) is 3.30. The van der Waals surface area contributed by atoms with Crippen LogP contribution in [0.1, 0.15) is 40.3 Å². The van der Waals surface area contributed by atoms with Crippen LogP contribution in [0.15, 0.2) is 23.3 Å². The van der Waals surface area contributed by atoms with Crippen LogP contribution in [-0.2, 0) is 18.3 Å². The van der Waals surface area contributed by atoms with E-state index in [1.165, 1.54) is 5.69 Å². The van der Waals surface area contributed by atoms with Gasteiger partial charge in [-0.1, -0.05) is 0 Å². The van der Waals surface area contributed by atoms with Crippen molar-refractivity contribution in [3.05, 3.63) is 24.0 Å². The Morgan fingerprint density at radius 2 is 2.00 bits per heavy atom. The van der Waals surface area contributed by atoms with Crippen LogP contribution in [0.3, 0.4) is 0 Å². The van der Waals surface area contributed by atoms with Gasteiger partial charge in [0.25, 0.3) is 0 Å². The number of aliphatic imine (C=N–C) groups is 1. The molecule has 0 aromatic carbocycles. The lowest BCUT2D eigenvalue weighted by Crippen LogP contribution is -2.40. The molecular formula is C19H36IN5O2. The monoisotopic (exact) mass is 493 g/mol. The van der Waals surface area contributed by atoms with E-state index in [0.717, 1.165) is 19.0 Å². The lowest BCUT2D eigenvalue weighted by atomic mass is 10.2. The molecule has 1 rings (SSSR count). The van der Waals surface area contributed by atoms with Crippen molar-refractivity contribution in [3.8, 4) is 0 Å². The fourth-order valence-electron chi connectivity index (χ4n) is 2.43. The number of amides is 1. The van der Waals surface area contributed by atoms with Gasteiger partial charge >= 0.3 is 6.09 Å². The molecule has 7 nitrogen and oxygen atoms in total. The summed E-state index contributed by atoms with van der Waals surface area (Å²) in [7, 11) is 4.05. The molecule has 1 aromatic heterocycles. The maximum absolute atomic E-state index is 12.2. The second-order valence-electron chi connectivity index (χ2n) is 7.26. The third kappa shape index (κ3) is 9.34. The molecule has 1 aromatic rings. The molecule has 0 saturated heterocycles. The number of aromatic nitrogens is 1. The molecule has 1 heterocycles. The molecule has 0 aliphatic rings. The number of ether oxygens (including phenoxy) is 1. The van der Waals surface area contributed by atoms with Gasteiger partial charge in [0.15, 0.2) is 5.96 Å². The highest BCUT2D eigenvalue weighted by Crippen LogP contribution is 2.10. The van der Waals surface area contributed by atoms with Crippen LogP contribution >= 0.6 is 24.0 Å². The number of rotatable bonds is 7. The van der Waals surface area contributed by atoms with Gasteiger partial charge in [0.05, 0.1) is 13.1 Å². The molecular weight excluding hydrogens is 457 g/mol. The fraction of sp³-hybridized carbons (Fsp3) is 0.684. The van der Waals surface area contributed by atoms with Gasteiger partial charge in [-0.3, -0.25) is 4.99 Å². The largest absolute Gasteiger partial charge is 0.444 e. The quantitative estimate of drug-likeness (QED) is 0.360. The third-order valence-electron chi connectivity index (χ3n) is 3.81. The van der Waals surface area contributed by atoms with E-state index in [1.54, 1.807) is 4.90 Å². The van der Waals surface area contributed by atoms with Gasteiger partial charge in [0.2, 0.25) is 0 Å². The van der Waals surface area contributed by atoms with Crippen molar-refractivity contribution in [1.82, 2.24) is 19.7 Å². The first-order valence-corrected chi connectivity index (χ1v) is 9.25. The molecule has 1 amide bonds. The average Bonchev–Trinajstić information content (AvgIpc) is 2.93. The Balaban J connectivity index is 0.00000676. The molecule has 0 spiro atoms. The number of nitrogens with zero attached hydrogens (tertiary/aromatic N) is 4. The van der Waals surface area contributed by atoms with Crippen molar-refractivity contribution < 1.29 is 9.53 Å². The summed E-state index contributed by atoms with van der Waals surface area (Å²) in [5, 5.41) is 3.31. The van der Waals surface area contributed by atoms with Gasteiger partial charge in [0.1, 0.15) is 5.60 Å². The van der Waals surface area contributed by atoms with Gasteiger partial charge < -0.3 is 24.4 Å². The highest BCUT2D eigenvalue weighted by Gasteiger charge is 2.20. The first-order valence-electron chi connectivity index (χ1n) is 9.25. The van der Waals surface area contributed by atoms with E-state index in [-0.39, 0.29) is 30.1 Å². The van der Waals surface area contributed by atoms with Gasteiger partial charge in [-0.05, 0) is 46.8 Å². The number of hydrogen-bond acceptors (Lipinski definition) is 3. The standard InChI is InChI=1S/C19H35N5O2.HI/c1-8-20-17(23(7)15-16-11-10-13-22(16)6)21-12-14-24(9-2)18(25)26-19(3,4)5;/h10-11,13H,8-9,12,14-15H2,1-7H3,(H,20,21);1H. The third-order valence-corrected chi connectivity index (χ3v) is 3.81. The van der Waals surface area contributed by atoms with E-state index in [2.05, 4.69) is 25.8 Å². The minimum absolute atomic E-state index is 0. The summed E-state index contributed by atoms with van der Waals surface area (Å²) in [6.45, 7) is 12.8. The number of hydrogen-bond donors (Lipinski definition) is 1. The van der Waals surface area contributed by atoms with Gasteiger partial charge in [-0.25, -0.2) is 4.79 Å². The Kier molecular flexibility index (Phi) is 11.4. The van der Waals surface area contributed by atoms with E-state index in [1.807, 2.05) is 61.0 Å². The van der Waals surface area contributed by atoms with Crippen LogP contribution in [0.2, 0.25) is 0 Å². The topological polar surface area (TPSA) is 62.1 Å². The zero-order valence-corrected chi connectivity index (χ0v) is 20.1. The highest BCUT2D eigenvalue weighted by molar-refractivity contribution is 14.0. The second kappa shape index (κ2) is 12.1. The van der Waals surface area contributed by atoms with Crippen LogP contribution in [0, 0.1) is 0 Å². The van der Waals surface area contributed by atoms with Crippen molar-refractivity contribution >= 4 is 36.0 Å². The number of aryl methyl sites for hydroxylation is 1. The van der Waals surface area contributed by atoms with Crippen LogP contribution in [0.5, 0.6) is 0 Å². The lowest BCUT2D eigenvalue weighted by molar-refractivity contribution is 0.0266. The summed E-state index contributed by atoms with van der Waals surface area (Å²) in [5.74, 6) is 0.828. The number of carbonyl (C=O) groups is 1. The number of nitrogens with one attached hydrogen (secondary N) is 1. The van der Waals surface area contributed by atoms with Crippen molar-refractivity contribution in [2.24, 2.45) is 12.0 Å². The van der Waals surface area contributed by atoms with Crippen LogP contribution in [-0.4, -0.2) is 65.2 Å². The van der Waals surface area contributed by atoms with E-state index in [9.17, 15) is 4.79 Å². The number of carbonyl (C=O) groups excluding carboxylic acids is 1. The van der Waals surface area contributed by atoms with E-state index in [4.69, 9.17) is 4.74 Å². The summed E-state index contributed by atoms with van der Waals surface area (Å²) in [6.07, 6.45) is 1.74. The second-order valence-corrected chi connectivity index (χ2v) is 7.26. The summed E-state index contributed by atoms with van der Waals surface area (Å²) >= 11 is 0. The normalized spacial score (nSPS) is 11.6. The van der Waals surface area contributed by atoms with Crippen LogP contribution < -0.4 is 5.32 Å². The molecule has 0 fully saturated rings. The number of likely N-dealkylation sites (N-methyl/N-ethyl adjacent to an activating group) is 1. The first-order chi connectivity index (χ1) is 12.2. The number of guanidine groups is 1. The summed E-state index contributed by atoms with van der Waals surface area (Å²) in [5.41, 5.74) is 0.722.